The number of aryl methyl sites for hydroxylation is 1. The Kier molecular flexibility index (Phi) is 5.44. The molecule has 1 heterocycles. The first-order valence-corrected chi connectivity index (χ1v) is 9.17. The number of rotatable bonds is 6. The predicted octanol–water partition coefficient (Wildman–Crippen LogP) is 3.60. The summed E-state index contributed by atoms with van der Waals surface area (Å²) in [6, 6.07) is 8.44. The van der Waals surface area contributed by atoms with Gasteiger partial charge in [-0.05, 0) is 32.0 Å². The maximum absolute atomic E-state index is 12.6. The maximum atomic E-state index is 12.6. The van der Waals surface area contributed by atoms with Gasteiger partial charge < -0.3 is 9.52 Å². The van der Waals surface area contributed by atoms with Crippen LogP contribution < -0.4 is 0 Å². The van der Waals surface area contributed by atoms with Gasteiger partial charge in [0.1, 0.15) is 5.76 Å². The molecule has 1 aromatic heterocycles. The molecule has 5 heteroatoms. The van der Waals surface area contributed by atoms with Crippen molar-refractivity contribution in [3.8, 4) is 0 Å². The van der Waals surface area contributed by atoms with E-state index in [2.05, 4.69) is 0 Å². The minimum absolute atomic E-state index is 0.144. The van der Waals surface area contributed by atoms with Crippen LogP contribution in [0.5, 0.6) is 0 Å². The van der Waals surface area contributed by atoms with E-state index >= 15 is 0 Å². The van der Waals surface area contributed by atoms with Crippen LogP contribution in [0.1, 0.15) is 36.7 Å². The van der Waals surface area contributed by atoms with Gasteiger partial charge in [0.15, 0.2) is 9.84 Å². The lowest BCUT2D eigenvalue weighted by Gasteiger charge is -2.15. The van der Waals surface area contributed by atoms with Crippen LogP contribution in [-0.4, -0.2) is 19.6 Å². The molecular formula is C18H22O4S. The second-order valence-electron chi connectivity index (χ2n) is 5.69. The molecule has 0 unspecified atom stereocenters. The Labute approximate surface area is 137 Å². The Hall–Kier alpha value is -1.85. The Morgan fingerprint density at radius 1 is 1.22 bits per heavy atom. The average Bonchev–Trinajstić information content (AvgIpc) is 2.94. The van der Waals surface area contributed by atoms with E-state index in [1.54, 1.807) is 42.5 Å². The summed E-state index contributed by atoms with van der Waals surface area (Å²) in [5.41, 5.74) is 1.60. The van der Waals surface area contributed by atoms with Crippen molar-refractivity contribution in [3.05, 3.63) is 65.6 Å². The smallest absolute Gasteiger partial charge is 0.182 e. The first-order chi connectivity index (χ1) is 10.8. The lowest BCUT2D eigenvalue weighted by molar-refractivity contribution is 0.184. The highest BCUT2D eigenvalue weighted by atomic mass is 32.2. The zero-order valence-electron chi connectivity index (χ0n) is 13.6. The van der Waals surface area contributed by atoms with Crippen molar-refractivity contribution in [1.82, 2.24) is 0 Å². The zero-order valence-corrected chi connectivity index (χ0v) is 14.4. The molecule has 0 aliphatic rings. The standard InChI is InChI=1S/C18H22O4S/c1-4-5-17(19)14(3)18-15(10-11-22-18)12-23(20,21)16-8-6-13(2)7-9-16/h4-11,14,17,19H,12H2,1-3H3/b5-4+/t14-,17+/m0/s1. The highest BCUT2D eigenvalue weighted by Crippen LogP contribution is 2.28. The fourth-order valence-corrected chi connectivity index (χ4v) is 3.78. The predicted molar refractivity (Wildman–Crippen MR) is 90.0 cm³/mol. The Morgan fingerprint density at radius 3 is 2.48 bits per heavy atom. The van der Waals surface area contributed by atoms with Crippen molar-refractivity contribution >= 4 is 9.84 Å². The third kappa shape index (κ3) is 4.12. The summed E-state index contributed by atoms with van der Waals surface area (Å²) >= 11 is 0. The van der Waals surface area contributed by atoms with Crippen LogP contribution in [0.2, 0.25) is 0 Å². The monoisotopic (exact) mass is 334 g/mol. The van der Waals surface area contributed by atoms with E-state index in [1.165, 1.54) is 6.26 Å². The van der Waals surface area contributed by atoms with Gasteiger partial charge in [-0.3, -0.25) is 0 Å². The number of hydrogen-bond acceptors (Lipinski definition) is 4. The third-order valence-corrected chi connectivity index (χ3v) is 5.50. The van der Waals surface area contributed by atoms with E-state index in [1.807, 2.05) is 20.8 Å². The number of furan rings is 1. The van der Waals surface area contributed by atoms with E-state index in [9.17, 15) is 13.5 Å². The molecule has 2 rings (SSSR count). The summed E-state index contributed by atoms with van der Waals surface area (Å²) in [6.45, 7) is 5.54. The molecule has 0 saturated heterocycles. The van der Waals surface area contributed by atoms with Crippen molar-refractivity contribution in [2.75, 3.05) is 0 Å². The van der Waals surface area contributed by atoms with E-state index in [0.717, 1.165) is 5.56 Å². The number of aliphatic hydroxyl groups excluding tert-OH is 1. The molecule has 2 atom stereocenters. The third-order valence-electron chi connectivity index (χ3n) is 3.82. The molecule has 2 aromatic rings. The van der Waals surface area contributed by atoms with Gasteiger partial charge in [0.05, 0.1) is 23.0 Å². The topological polar surface area (TPSA) is 67.5 Å². The van der Waals surface area contributed by atoms with Crippen LogP contribution in [-0.2, 0) is 15.6 Å². The Balaban J connectivity index is 2.27. The SMILES string of the molecule is C/C=C/[C@@H](O)[C@H](C)c1occc1CS(=O)(=O)c1ccc(C)cc1. The molecule has 0 aliphatic heterocycles. The number of allylic oxidation sites excluding steroid dienone is 1. The van der Waals surface area contributed by atoms with Crippen molar-refractivity contribution in [3.63, 3.8) is 0 Å². The molecule has 1 aromatic carbocycles. The van der Waals surface area contributed by atoms with Gasteiger partial charge in [-0.15, -0.1) is 0 Å². The van der Waals surface area contributed by atoms with E-state index < -0.39 is 15.9 Å². The molecule has 0 fully saturated rings. The number of benzene rings is 1. The van der Waals surface area contributed by atoms with Gasteiger partial charge in [0, 0.05) is 11.5 Å². The van der Waals surface area contributed by atoms with Gasteiger partial charge in [0.2, 0.25) is 0 Å². The quantitative estimate of drug-likeness (QED) is 0.820. The molecule has 0 amide bonds. The number of sulfone groups is 1. The van der Waals surface area contributed by atoms with Crippen molar-refractivity contribution in [1.29, 1.82) is 0 Å². The summed E-state index contributed by atoms with van der Waals surface area (Å²) in [6.07, 6.45) is 4.17. The highest BCUT2D eigenvalue weighted by molar-refractivity contribution is 7.90. The summed E-state index contributed by atoms with van der Waals surface area (Å²) in [7, 11) is -3.45. The second-order valence-corrected chi connectivity index (χ2v) is 7.68. The largest absolute Gasteiger partial charge is 0.469 e. The fourth-order valence-electron chi connectivity index (χ4n) is 2.42. The van der Waals surface area contributed by atoms with Crippen molar-refractivity contribution < 1.29 is 17.9 Å². The summed E-state index contributed by atoms with van der Waals surface area (Å²) < 4.78 is 30.6. The maximum Gasteiger partial charge on any atom is 0.182 e. The number of aliphatic hydroxyl groups is 1. The summed E-state index contributed by atoms with van der Waals surface area (Å²) in [4.78, 5) is 0.289. The summed E-state index contributed by atoms with van der Waals surface area (Å²) in [5.74, 6) is 0.0464. The zero-order chi connectivity index (χ0) is 17.0. The van der Waals surface area contributed by atoms with Gasteiger partial charge >= 0.3 is 0 Å². The van der Waals surface area contributed by atoms with E-state index in [0.29, 0.717) is 11.3 Å². The van der Waals surface area contributed by atoms with Crippen LogP contribution in [0, 0.1) is 6.92 Å². The van der Waals surface area contributed by atoms with Crippen LogP contribution in [0.4, 0.5) is 0 Å². The lowest BCUT2D eigenvalue weighted by atomic mass is 9.99. The van der Waals surface area contributed by atoms with Crippen molar-refractivity contribution in [2.45, 2.75) is 43.4 Å². The first kappa shape index (κ1) is 17.5. The van der Waals surface area contributed by atoms with E-state index in [4.69, 9.17) is 4.42 Å². The Morgan fingerprint density at radius 2 is 1.87 bits per heavy atom. The van der Waals surface area contributed by atoms with E-state index in [-0.39, 0.29) is 16.6 Å². The van der Waals surface area contributed by atoms with Crippen LogP contribution in [0.15, 0.2) is 58.1 Å². The minimum atomic E-state index is -3.45. The van der Waals surface area contributed by atoms with Gasteiger partial charge in [-0.25, -0.2) is 8.42 Å². The number of hydrogen-bond donors (Lipinski definition) is 1. The van der Waals surface area contributed by atoms with Gasteiger partial charge in [-0.1, -0.05) is 36.8 Å². The second kappa shape index (κ2) is 7.15. The molecule has 23 heavy (non-hydrogen) atoms. The Bertz CT molecular complexity index is 770. The van der Waals surface area contributed by atoms with Crippen LogP contribution in [0.3, 0.4) is 0 Å². The molecule has 0 radical (unpaired) electrons. The fraction of sp³-hybridized carbons (Fsp3) is 0.333. The molecule has 0 aliphatic carbocycles. The molecule has 124 valence electrons. The van der Waals surface area contributed by atoms with Gasteiger partial charge in [0.25, 0.3) is 0 Å². The minimum Gasteiger partial charge on any atom is -0.469 e. The normalized spacial score (nSPS) is 15.0. The molecule has 0 spiro atoms. The molecule has 0 saturated carbocycles. The molecule has 4 nitrogen and oxygen atoms in total. The summed E-state index contributed by atoms with van der Waals surface area (Å²) in [5, 5.41) is 10.1. The van der Waals surface area contributed by atoms with Crippen LogP contribution >= 0.6 is 0 Å². The average molecular weight is 334 g/mol. The lowest BCUT2D eigenvalue weighted by Crippen LogP contribution is -2.15. The first-order valence-electron chi connectivity index (χ1n) is 7.51. The van der Waals surface area contributed by atoms with Crippen LogP contribution in [0.25, 0.3) is 0 Å². The van der Waals surface area contributed by atoms with Gasteiger partial charge in [-0.2, -0.15) is 0 Å². The highest BCUT2D eigenvalue weighted by Gasteiger charge is 2.24. The molecular weight excluding hydrogens is 312 g/mol. The molecule has 0 bridgehead atoms. The molecule has 1 N–H and O–H groups in total. The van der Waals surface area contributed by atoms with Crippen molar-refractivity contribution in [2.24, 2.45) is 0 Å².